The number of nitrogens with zero attached hydrogens (tertiary/aromatic N) is 3. The summed E-state index contributed by atoms with van der Waals surface area (Å²) >= 11 is 0. The minimum absolute atomic E-state index is 0.0101. The van der Waals surface area contributed by atoms with Crippen molar-refractivity contribution in [3.63, 3.8) is 0 Å². The number of carbonyl (C=O) groups is 2. The van der Waals surface area contributed by atoms with Gasteiger partial charge < -0.3 is 44.1 Å². The Morgan fingerprint density at radius 3 is 2.48 bits per heavy atom. The number of benzene rings is 2. The third-order valence-corrected chi connectivity index (χ3v) is 11.9. The SMILES string of the molecule is C=CCO[C@@]12Oc3ccc(OC(=O)NCC)cc3[C@H]3[C@H](CCCCO)[C@@H](CCCCO)C=C(C(=NOC4CCCCO4)C[C@@H]1N(CCC)C(=O)Oc1ccc([N+](=O)[O-])cc1)[C@H]32. The van der Waals surface area contributed by atoms with E-state index in [1.165, 1.54) is 24.3 Å². The highest BCUT2D eigenvalue weighted by Gasteiger charge is 2.65. The van der Waals surface area contributed by atoms with Crippen molar-refractivity contribution < 1.29 is 53.2 Å². The van der Waals surface area contributed by atoms with Crippen molar-refractivity contribution in [2.45, 2.75) is 109 Å². The van der Waals surface area contributed by atoms with Gasteiger partial charge in [-0.3, -0.25) is 15.0 Å². The molecule has 2 aromatic carbocycles. The first kappa shape index (κ1) is 45.5. The lowest BCUT2D eigenvalue weighted by Crippen LogP contribution is -2.70. The fourth-order valence-electron chi connectivity index (χ4n) is 9.33. The van der Waals surface area contributed by atoms with Crippen molar-refractivity contribution >= 4 is 23.6 Å². The van der Waals surface area contributed by atoms with E-state index >= 15 is 0 Å². The maximum atomic E-state index is 14.6. The minimum atomic E-state index is -1.55. The minimum Gasteiger partial charge on any atom is -0.459 e. The number of carbonyl (C=O) groups excluding carboxylic acids is 2. The van der Waals surface area contributed by atoms with Crippen molar-refractivity contribution in [2.75, 3.05) is 39.5 Å². The summed E-state index contributed by atoms with van der Waals surface area (Å²) in [5, 5.41) is 38.7. The number of nitro groups is 1. The van der Waals surface area contributed by atoms with Gasteiger partial charge >= 0.3 is 12.2 Å². The molecule has 2 aliphatic carbocycles. The molecule has 1 saturated heterocycles. The van der Waals surface area contributed by atoms with Gasteiger partial charge in [-0.15, -0.1) is 6.58 Å². The van der Waals surface area contributed by atoms with E-state index in [0.717, 1.165) is 49.7 Å². The Morgan fingerprint density at radius 1 is 1.05 bits per heavy atom. The molecule has 2 fully saturated rings. The molecule has 2 amide bonds. The summed E-state index contributed by atoms with van der Waals surface area (Å²) in [6.07, 6.45) is 9.42. The smallest absolute Gasteiger partial charge is 0.415 e. The van der Waals surface area contributed by atoms with Gasteiger partial charge in [-0.2, -0.15) is 0 Å². The molecule has 1 saturated carbocycles. The number of hydrogen-bond donors (Lipinski definition) is 3. The first-order chi connectivity index (χ1) is 29.7. The van der Waals surface area contributed by atoms with Gasteiger partial charge in [0.2, 0.25) is 12.1 Å². The highest BCUT2D eigenvalue weighted by Crippen LogP contribution is 2.62. The zero-order chi connectivity index (χ0) is 43.4. The van der Waals surface area contributed by atoms with Crippen LogP contribution in [-0.2, 0) is 14.3 Å². The van der Waals surface area contributed by atoms with Crippen molar-refractivity contribution in [3.8, 4) is 17.2 Å². The van der Waals surface area contributed by atoms with Gasteiger partial charge in [0.15, 0.2) is 0 Å². The Morgan fingerprint density at radius 2 is 1.80 bits per heavy atom. The van der Waals surface area contributed by atoms with Gasteiger partial charge in [-0.05, 0) is 99.6 Å². The predicted molar refractivity (Wildman–Crippen MR) is 225 cm³/mol. The molecule has 16 nitrogen and oxygen atoms in total. The molecule has 2 aromatic rings. The van der Waals surface area contributed by atoms with Gasteiger partial charge in [0.05, 0.1) is 29.8 Å². The highest BCUT2D eigenvalue weighted by molar-refractivity contribution is 6.03. The van der Waals surface area contributed by atoms with Crippen LogP contribution in [0.3, 0.4) is 0 Å². The molecule has 2 heterocycles. The molecule has 4 aliphatic rings. The highest BCUT2D eigenvalue weighted by atomic mass is 16.8. The van der Waals surface area contributed by atoms with Crippen LogP contribution in [-0.4, -0.2) is 95.6 Å². The Balaban J connectivity index is 1.56. The average molecular weight is 849 g/mol. The van der Waals surface area contributed by atoms with Crippen LogP contribution in [0.1, 0.15) is 96.0 Å². The molecule has 332 valence electrons. The molecule has 0 spiro atoms. The van der Waals surface area contributed by atoms with Crippen LogP contribution >= 0.6 is 0 Å². The molecule has 0 bridgehead atoms. The van der Waals surface area contributed by atoms with E-state index in [4.69, 9.17) is 33.7 Å². The van der Waals surface area contributed by atoms with Gasteiger partial charge in [0.1, 0.15) is 23.3 Å². The number of amides is 2. The van der Waals surface area contributed by atoms with Crippen LogP contribution in [0.15, 0.2) is 71.9 Å². The van der Waals surface area contributed by atoms with Gasteiger partial charge in [-0.25, -0.2) is 9.59 Å². The number of nitro benzene ring substituents is 1. The standard InChI is InChI=1S/C45H60N4O12/c1-4-22-48(44(53)59-32-18-16-31(17-19-32)49(54)55)39-29-37(47-61-40-15-9-12-26-56-40)35-27-30(13-7-10-23-50)34(14-8-11-24-51)41-36-28-33(58-43(52)46-6-3)20-21-38(36)60-45(39,42(35)41)57-25-5-2/h5,16-21,27-28,30,34,39-42,50-51H,2,4,6-15,22-26,29H2,1,3H3,(H,46,52)/t30-,34+,39-,40?,41+,42+,45+/m0/s1. The van der Waals surface area contributed by atoms with E-state index in [0.29, 0.717) is 56.0 Å². The van der Waals surface area contributed by atoms with Crippen LogP contribution in [0.2, 0.25) is 0 Å². The number of hydrogen-bond acceptors (Lipinski definition) is 13. The summed E-state index contributed by atoms with van der Waals surface area (Å²) in [5.74, 6) is -1.62. The summed E-state index contributed by atoms with van der Waals surface area (Å²) in [6.45, 7) is 9.06. The third kappa shape index (κ3) is 10.5. The van der Waals surface area contributed by atoms with E-state index in [1.807, 2.05) is 13.0 Å². The quantitative estimate of drug-likeness (QED) is 0.0507. The largest absolute Gasteiger partial charge is 0.459 e. The number of nitrogens with one attached hydrogen (secondary N) is 1. The number of unbranched alkanes of at least 4 members (excludes halogenated alkanes) is 2. The number of aliphatic hydroxyl groups is 2. The Labute approximate surface area is 357 Å². The summed E-state index contributed by atoms with van der Waals surface area (Å²) in [4.78, 5) is 46.0. The van der Waals surface area contributed by atoms with E-state index in [9.17, 15) is 29.9 Å². The third-order valence-electron chi connectivity index (χ3n) is 11.9. The van der Waals surface area contributed by atoms with E-state index in [1.54, 1.807) is 30.0 Å². The first-order valence-electron chi connectivity index (χ1n) is 21.7. The Bertz CT molecular complexity index is 1880. The summed E-state index contributed by atoms with van der Waals surface area (Å²) in [6, 6.07) is 9.75. The van der Waals surface area contributed by atoms with Gasteiger partial charge in [-0.1, -0.05) is 37.1 Å². The van der Waals surface area contributed by atoms with Crippen molar-refractivity contribution in [3.05, 3.63) is 82.4 Å². The number of ether oxygens (including phenoxy) is 5. The van der Waals surface area contributed by atoms with Crippen LogP contribution in [0.5, 0.6) is 17.2 Å². The van der Waals surface area contributed by atoms with Crippen molar-refractivity contribution in [1.82, 2.24) is 10.2 Å². The zero-order valence-electron chi connectivity index (χ0n) is 35.2. The fraction of sp³-hybridized carbons (Fsp3) is 0.578. The molecular weight excluding hydrogens is 789 g/mol. The predicted octanol–water partition coefficient (Wildman–Crippen LogP) is 7.77. The molecule has 2 aliphatic heterocycles. The fourth-order valence-corrected chi connectivity index (χ4v) is 9.33. The number of allylic oxidation sites excluding steroid dienone is 1. The lowest BCUT2D eigenvalue weighted by Gasteiger charge is -2.59. The molecule has 16 heteroatoms. The maximum Gasteiger partial charge on any atom is 0.415 e. The van der Waals surface area contributed by atoms with Gasteiger partial charge in [0.25, 0.3) is 5.69 Å². The molecule has 0 radical (unpaired) electrons. The second kappa shape index (κ2) is 21.7. The summed E-state index contributed by atoms with van der Waals surface area (Å²) < 4.78 is 31.9. The number of aliphatic hydroxyl groups excluding tert-OH is 2. The van der Waals surface area contributed by atoms with Crippen molar-refractivity contribution in [1.29, 1.82) is 0 Å². The molecule has 3 N–H and O–H groups in total. The average Bonchev–Trinajstić information content (AvgIpc) is 3.26. The Kier molecular flexibility index (Phi) is 16.2. The number of rotatable bonds is 20. The summed E-state index contributed by atoms with van der Waals surface area (Å²) in [7, 11) is 0. The first-order valence-corrected chi connectivity index (χ1v) is 21.7. The lowest BCUT2D eigenvalue weighted by molar-refractivity contribution is -0.384. The monoisotopic (exact) mass is 848 g/mol. The van der Waals surface area contributed by atoms with Crippen LogP contribution in [0, 0.1) is 27.9 Å². The second-order valence-electron chi connectivity index (χ2n) is 15.9. The Hall–Kier alpha value is -5.03. The number of non-ortho nitro benzene ring substituents is 1. The molecule has 6 rings (SSSR count). The molecular formula is C45H60N4O12. The lowest BCUT2D eigenvalue weighted by atomic mass is 9.55. The van der Waals surface area contributed by atoms with Crippen LogP contribution in [0.25, 0.3) is 0 Å². The topological polar surface area (TPSA) is 201 Å². The van der Waals surface area contributed by atoms with E-state index in [2.05, 4.69) is 18.0 Å². The van der Waals surface area contributed by atoms with Crippen LogP contribution in [0.4, 0.5) is 15.3 Å². The molecule has 61 heavy (non-hydrogen) atoms. The van der Waals surface area contributed by atoms with Crippen LogP contribution < -0.4 is 19.5 Å². The zero-order valence-corrected chi connectivity index (χ0v) is 35.2. The van der Waals surface area contributed by atoms with Gasteiger partial charge in [0, 0.05) is 62.8 Å². The summed E-state index contributed by atoms with van der Waals surface area (Å²) in [5.41, 5.74) is 2.09. The maximum absolute atomic E-state index is 14.6. The second-order valence-corrected chi connectivity index (χ2v) is 15.9. The van der Waals surface area contributed by atoms with E-state index in [-0.39, 0.29) is 62.0 Å². The van der Waals surface area contributed by atoms with E-state index < -0.39 is 41.1 Å². The normalized spacial score (nSPS) is 25.8. The molecule has 0 aromatic heterocycles. The molecule has 7 atom stereocenters. The molecule has 1 unspecified atom stereocenters. The number of oxime groups is 1. The number of fused-ring (bicyclic) bond motifs is 2. The van der Waals surface area contributed by atoms with Crippen molar-refractivity contribution in [2.24, 2.45) is 22.9 Å².